The molecule has 3 amide bonds. The van der Waals surface area contributed by atoms with Gasteiger partial charge in [0.15, 0.2) is 0 Å². The minimum absolute atomic E-state index is 0.0738. The number of amides is 3. The van der Waals surface area contributed by atoms with Crippen LogP contribution in [0.4, 0.5) is 4.79 Å². The molecular weight excluding hydrogens is 428 g/mol. The van der Waals surface area contributed by atoms with Crippen molar-refractivity contribution in [3.05, 3.63) is 17.5 Å². The Morgan fingerprint density at radius 3 is 2.67 bits per heavy atom. The molecule has 1 aliphatic heterocycles. The molecule has 2 rings (SSSR count). The Morgan fingerprint density at radius 2 is 2.10 bits per heavy atom. The Morgan fingerprint density at radius 1 is 1.40 bits per heavy atom. The molecule has 168 valence electrons. The normalized spacial score (nSPS) is 18.3. The average molecular weight is 459 g/mol. The van der Waals surface area contributed by atoms with E-state index in [-0.39, 0.29) is 23.2 Å². The number of hydrogen-bond donors (Lipinski definition) is 2. The Balaban J connectivity index is 1.96. The molecule has 0 bridgehead atoms. The Labute approximate surface area is 181 Å². The molecule has 2 heterocycles. The van der Waals surface area contributed by atoms with E-state index >= 15 is 0 Å². The summed E-state index contributed by atoms with van der Waals surface area (Å²) in [5.41, 5.74) is -0.432. The molecule has 2 N–H and O–H groups in total. The zero-order chi connectivity index (χ0) is 22.5. The maximum Gasteiger partial charge on any atom is 0.315 e. The predicted octanol–water partition coefficient (Wildman–Crippen LogP) is 1.27. The van der Waals surface area contributed by atoms with Crippen LogP contribution in [-0.2, 0) is 19.6 Å². The summed E-state index contributed by atoms with van der Waals surface area (Å²) in [5.74, 6) is -0.315. The summed E-state index contributed by atoms with van der Waals surface area (Å²) >= 11 is 1.14. The van der Waals surface area contributed by atoms with Crippen LogP contribution in [0, 0.1) is 5.41 Å². The molecule has 0 spiro atoms. The first-order valence-corrected chi connectivity index (χ1v) is 12.1. The summed E-state index contributed by atoms with van der Waals surface area (Å²) in [7, 11) is -2.17. The van der Waals surface area contributed by atoms with Gasteiger partial charge >= 0.3 is 6.03 Å². The highest BCUT2D eigenvalue weighted by atomic mass is 32.2. The molecule has 0 aliphatic carbocycles. The van der Waals surface area contributed by atoms with Gasteiger partial charge in [-0.15, -0.1) is 11.3 Å². The van der Waals surface area contributed by atoms with E-state index in [9.17, 15) is 22.8 Å². The number of hydrogen-bond acceptors (Lipinski definition) is 6. The van der Waals surface area contributed by atoms with E-state index in [0.717, 1.165) is 24.0 Å². The number of likely N-dealkylation sites (N-methyl/N-ethyl adjacent to an activating group) is 1. The second-order valence-corrected chi connectivity index (χ2v) is 11.6. The molecule has 1 aromatic rings. The van der Waals surface area contributed by atoms with Crippen LogP contribution in [0.2, 0.25) is 0 Å². The van der Waals surface area contributed by atoms with Crippen LogP contribution in [0.5, 0.6) is 0 Å². The number of sulfonamides is 1. The molecule has 1 aliphatic rings. The number of nitrogens with zero attached hydrogens (tertiary/aromatic N) is 2. The van der Waals surface area contributed by atoms with Gasteiger partial charge in [-0.05, 0) is 29.7 Å². The molecule has 1 aromatic heterocycles. The predicted molar refractivity (Wildman–Crippen MR) is 115 cm³/mol. The number of likely N-dealkylation sites (tertiary alicyclic amines) is 1. The number of urea groups is 1. The van der Waals surface area contributed by atoms with Gasteiger partial charge in [0.1, 0.15) is 10.5 Å². The molecule has 9 nitrogen and oxygen atoms in total. The summed E-state index contributed by atoms with van der Waals surface area (Å²) in [5, 5.41) is 7.00. The maximum atomic E-state index is 12.7. The highest BCUT2D eigenvalue weighted by Gasteiger charge is 2.32. The van der Waals surface area contributed by atoms with Crippen LogP contribution in [0.25, 0.3) is 0 Å². The quantitative estimate of drug-likeness (QED) is 0.569. The molecule has 1 unspecified atom stereocenters. The van der Waals surface area contributed by atoms with E-state index in [1.54, 1.807) is 17.5 Å². The number of carbonyl (C=O) groups excluding carboxylic acids is 3. The molecule has 1 saturated heterocycles. The first-order valence-electron chi connectivity index (χ1n) is 9.75. The lowest BCUT2D eigenvalue weighted by molar-refractivity contribution is -0.133. The Bertz CT molecular complexity index is 849. The molecule has 0 aromatic carbocycles. The van der Waals surface area contributed by atoms with Gasteiger partial charge in [0.2, 0.25) is 5.91 Å². The van der Waals surface area contributed by atoms with E-state index < -0.39 is 33.6 Å². The van der Waals surface area contributed by atoms with Crippen LogP contribution < -0.4 is 10.6 Å². The topological polar surface area (TPSA) is 116 Å². The highest BCUT2D eigenvalue weighted by molar-refractivity contribution is 7.91. The number of thiophene rings is 1. The summed E-state index contributed by atoms with van der Waals surface area (Å²) in [6.07, 6.45) is 2.15. The maximum absolute atomic E-state index is 12.7. The fourth-order valence-corrected chi connectivity index (χ4v) is 5.55. The smallest absolute Gasteiger partial charge is 0.315 e. The van der Waals surface area contributed by atoms with E-state index in [2.05, 4.69) is 10.6 Å². The van der Waals surface area contributed by atoms with Crippen molar-refractivity contribution in [2.45, 2.75) is 49.9 Å². The molecule has 30 heavy (non-hydrogen) atoms. The average Bonchev–Trinajstić information content (AvgIpc) is 3.36. The third kappa shape index (κ3) is 6.02. The van der Waals surface area contributed by atoms with Crippen LogP contribution >= 0.6 is 11.3 Å². The number of nitrogens with one attached hydrogen (secondary N) is 2. The summed E-state index contributed by atoms with van der Waals surface area (Å²) < 4.78 is 26.8. The summed E-state index contributed by atoms with van der Waals surface area (Å²) in [4.78, 5) is 37.2. The Kier molecular flexibility index (Phi) is 8.00. The van der Waals surface area contributed by atoms with Gasteiger partial charge in [-0.1, -0.05) is 26.8 Å². The molecular formula is C19H30N4O5S2. The van der Waals surface area contributed by atoms with Crippen molar-refractivity contribution < 1.29 is 22.8 Å². The minimum Gasteiger partial charge on any atom is -0.334 e. The zero-order valence-electron chi connectivity index (χ0n) is 17.8. The molecule has 0 saturated carbocycles. The fraction of sp³-hybridized carbons (Fsp3) is 0.632. The lowest BCUT2D eigenvalue weighted by atomic mass is 9.87. The first-order chi connectivity index (χ1) is 14.0. The monoisotopic (exact) mass is 458 g/mol. The van der Waals surface area contributed by atoms with Gasteiger partial charge in [0, 0.05) is 26.2 Å². The van der Waals surface area contributed by atoms with E-state index in [4.69, 9.17) is 0 Å². The third-order valence-corrected chi connectivity index (χ3v) is 8.32. The van der Waals surface area contributed by atoms with Crippen molar-refractivity contribution in [1.29, 1.82) is 0 Å². The van der Waals surface area contributed by atoms with Crippen molar-refractivity contribution in [3.8, 4) is 0 Å². The molecule has 1 fully saturated rings. The first kappa shape index (κ1) is 24.3. The summed E-state index contributed by atoms with van der Waals surface area (Å²) in [6, 6.07) is 1.72. The van der Waals surface area contributed by atoms with Crippen molar-refractivity contribution in [3.63, 3.8) is 0 Å². The van der Waals surface area contributed by atoms with Gasteiger partial charge in [-0.3, -0.25) is 4.79 Å². The van der Waals surface area contributed by atoms with Crippen molar-refractivity contribution in [2.24, 2.45) is 5.41 Å². The third-order valence-electron chi connectivity index (χ3n) is 5.13. The highest BCUT2D eigenvalue weighted by Crippen LogP contribution is 2.24. The van der Waals surface area contributed by atoms with Crippen molar-refractivity contribution >= 4 is 39.6 Å². The minimum atomic E-state index is -3.65. The lowest BCUT2D eigenvalue weighted by Crippen LogP contribution is -2.54. The van der Waals surface area contributed by atoms with E-state index in [0.29, 0.717) is 13.0 Å². The fourth-order valence-electron chi connectivity index (χ4n) is 3.17. The van der Waals surface area contributed by atoms with Gasteiger partial charge in [0.05, 0.1) is 12.6 Å². The van der Waals surface area contributed by atoms with E-state index in [1.165, 1.54) is 16.3 Å². The second kappa shape index (κ2) is 9.88. The van der Waals surface area contributed by atoms with Crippen LogP contribution in [-0.4, -0.2) is 74.6 Å². The van der Waals surface area contributed by atoms with Gasteiger partial charge in [-0.25, -0.2) is 13.2 Å². The second-order valence-electron chi connectivity index (χ2n) is 8.40. The SMILES string of the molecule is CN(CC(NC(=O)NCC(=O)N1CCC[C@H]1C=O)C(C)(C)C)S(=O)(=O)c1cccs1. The standard InChI is InChI=1S/C19H30N4O5S2/c1-19(2,3)15(12-22(4)30(27,28)17-8-6-10-29-17)21-18(26)20-11-16(25)23-9-5-7-14(23)13-24/h6,8,10,13-15H,5,7,9,11-12H2,1-4H3,(H2,20,21,26)/t14-,15?/m0/s1. The van der Waals surface area contributed by atoms with Crippen molar-refractivity contribution in [2.75, 3.05) is 26.7 Å². The zero-order valence-corrected chi connectivity index (χ0v) is 19.4. The largest absolute Gasteiger partial charge is 0.334 e. The van der Waals surface area contributed by atoms with Gasteiger partial charge in [0.25, 0.3) is 10.0 Å². The Hall–Kier alpha value is -1.98. The van der Waals surface area contributed by atoms with Crippen LogP contribution in [0.3, 0.4) is 0 Å². The lowest BCUT2D eigenvalue weighted by Gasteiger charge is -2.34. The van der Waals surface area contributed by atoms with Gasteiger partial charge < -0.3 is 20.3 Å². The van der Waals surface area contributed by atoms with Gasteiger partial charge in [-0.2, -0.15) is 4.31 Å². The van der Waals surface area contributed by atoms with E-state index in [1.807, 2.05) is 20.8 Å². The van der Waals surface area contributed by atoms with Crippen LogP contribution in [0.1, 0.15) is 33.6 Å². The molecule has 11 heteroatoms. The van der Waals surface area contributed by atoms with Crippen molar-refractivity contribution in [1.82, 2.24) is 19.8 Å². The molecule has 0 radical (unpaired) electrons. The summed E-state index contributed by atoms with van der Waals surface area (Å²) in [6.45, 7) is 6.04. The number of carbonyl (C=O) groups is 3. The van der Waals surface area contributed by atoms with Crippen LogP contribution in [0.15, 0.2) is 21.7 Å². The molecule has 2 atom stereocenters. The number of aldehydes is 1. The number of rotatable bonds is 8.